The minimum Gasteiger partial charge on any atom is -0.479 e. The van der Waals surface area contributed by atoms with Crippen molar-refractivity contribution in [1.29, 1.82) is 0 Å². The molecule has 0 aliphatic carbocycles. The second-order valence-electron chi connectivity index (χ2n) is 3.43. The molecule has 5 nitrogen and oxygen atoms in total. The standard InChI is InChI=1S/C8H13F3N2O3/c1-3-4(12)5(14)13-7(2,6(15)16)8(9,10)11/h4H,3,12H2,1-2H3,(H,13,14)(H,15,16). The molecular formula is C8H13F3N2O3. The van der Waals surface area contributed by atoms with Crippen LogP contribution in [0.5, 0.6) is 0 Å². The highest BCUT2D eigenvalue weighted by Crippen LogP contribution is 2.30. The van der Waals surface area contributed by atoms with Crippen molar-refractivity contribution in [2.45, 2.75) is 38.0 Å². The SMILES string of the molecule is CCC(N)C(=O)NC(C)(C(=O)O)C(F)(F)F. The van der Waals surface area contributed by atoms with E-state index in [2.05, 4.69) is 0 Å². The number of rotatable bonds is 4. The molecule has 0 aliphatic heterocycles. The highest BCUT2D eigenvalue weighted by molar-refractivity contribution is 5.89. The van der Waals surface area contributed by atoms with Crippen LogP contribution in [0.25, 0.3) is 0 Å². The van der Waals surface area contributed by atoms with E-state index in [1.807, 2.05) is 0 Å². The van der Waals surface area contributed by atoms with Gasteiger partial charge >= 0.3 is 12.1 Å². The molecule has 16 heavy (non-hydrogen) atoms. The van der Waals surface area contributed by atoms with E-state index in [-0.39, 0.29) is 6.42 Å². The zero-order valence-corrected chi connectivity index (χ0v) is 8.76. The summed E-state index contributed by atoms with van der Waals surface area (Å²) in [7, 11) is 0. The number of nitrogens with two attached hydrogens (primary N) is 1. The summed E-state index contributed by atoms with van der Waals surface area (Å²) in [6.07, 6.45) is -4.98. The van der Waals surface area contributed by atoms with Gasteiger partial charge in [0.2, 0.25) is 11.4 Å². The highest BCUT2D eigenvalue weighted by Gasteiger charge is 2.58. The molecule has 1 amide bonds. The Hall–Kier alpha value is -1.31. The Bertz CT molecular complexity index is 293. The molecule has 0 bridgehead atoms. The van der Waals surface area contributed by atoms with Crippen LogP contribution in [0.1, 0.15) is 20.3 Å². The summed E-state index contributed by atoms with van der Waals surface area (Å²) in [6.45, 7) is 1.87. The zero-order chi connectivity index (χ0) is 13.1. The number of carboxylic acids is 1. The molecule has 0 aromatic heterocycles. The van der Waals surface area contributed by atoms with Crippen LogP contribution in [-0.2, 0) is 9.59 Å². The lowest BCUT2D eigenvalue weighted by atomic mass is 10.0. The molecule has 4 N–H and O–H groups in total. The molecule has 0 rings (SSSR count). The Labute approximate surface area is 89.8 Å². The van der Waals surface area contributed by atoms with Crippen molar-refractivity contribution in [3.63, 3.8) is 0 Å². The van der Waals surface area contributed by atoms with Crippen LogP contribution in [0.3, 0.4) is 0 Å². The molecule has 0 heterocycles. The average Bonchev–Trinajstić information content (AvgIpc) is 2.14. The topological polar surface area (TPSA) is 92.4 Å². The van der Waals surface area contributed by atoms with Crippen molar-refractivity contribution in [3.8, 4) is 0 Å². The molecule has 0 aliphatic rings. The molecule has 0 radical (unpaired) electrons. The fraction of sp³-hybridized carbons (Fsp3) is 0.750. The Morgan fingerprint density at radius 3 is 2.12 bits per heavy atom. The van der Waals surface area contributed by atoms with Gasteiger partial charge in [-0.3, -0.25) is 4.79 Å². The number of aliphatic carboxylic acids is 1. The molecule has 8 heteroatoms. The highest BCUT2D eigenvalue weighted by atomic mass is 19.4. The van der Waals surface area contributed by atoms with E-state index in [9.17, 15) is 22.8 Å². The monoisotopic (exact) mass is 242 g/mol. The van der Waals surface area contributed by atoms with E-state index in [4.69, 9.17) is 10.8 Å². The summed E-state index contributed by atoms with van der Waals surface area (Å²) < 4.78 is 37.3. The quantitative estimate of drug-likeness (QED) is 0.658. The van der Waals surface area contributed by atoms with Gasteiger partial charge in [0.25, 0.3) is 0 Å². The number of carbonyl (C=O) groups is 2. The third kappa shape index (κ3) is 2.84. The Morgan fingerprint density at radius 1 is 1.44 bits per heavy atom. The van der Waals surface area contributed by atoms with Crippen LogP contribution in [0, 0.1) is 0 Å². The second-order valence-corrected chi connectivity index (χ2v) is 3.43. The number of hydrogen-bond acceptors (Lipinski definition) is 3. The summed E-state index contributed by atoms with van der Waals surface area (Å²) in [5, 5.41) is 9.89. The van der Waals surface area contributed by atoms with Crippen LogP contribution in [-0.4, -0.2) is 34.7 Å². The van der Waals surface area contributed by atoms with Gasteiger partial charge < -0.3 is 16.2 Å². The van der Waals surface area contributed by atoms with Gasteiger partial charge in [-0.25, -0.2) is 4.79 Å². The zero-order valence-electron chi connectivity index (χ0n) is 8.76. The van der Waals surface area contributed by atoms with Gasteiger partial charge in [0.15, 0.2) is 0 Å². The summed E-state index contributed by atoms with van der Waals surface area (Å²) in [5.41, 5.74) is 1.87. The first-order valence-electron chi connectivity index (χ1n) is 4.44. The van der Waals surface area contributed by atoms with Gasteiger partial charge in [0.1, 0.15) is 0 Å². The van der Waals surface area contributed by atoms with Crippen LogP contribution >= 0.6 is 0 Å². The van der Waals surface area contributed by atoms with Crippen LogP contribution in [0.4, 0.5) is 13.2 Å². The maximum absolute atomic E-state index is 12.4. The largest absolute Gasteiger partial charge is 0.479 e. The number of hydrogen-bond donors (Lipinski definition) is 3. The number of nitrogens with one attached hydrogen (secondary N) is 1. The van der Waals surface area contributed by atoms with Crippen molar-refractivity contribution in [3.05, 3.63) is 0 Å². The fourth-order valence-electron chi connectivity index (χ4n) is 0.770. The third-order valence-corrected chi connectivity index (χ3v) is 2.14. The first-order chi connectivity index (χ1) is 7.06. The van der Waals surface area contributed by atoms with E-state index < -0.39 is 29.6 Å². The van der Waals surface area contributed by atoms with E-state index in [0.29, 0.717) is 6.92 Å². The Kier molecular flexibility index (Phi) is 4.30. The minimum atomic E-state index is -5.10. The number of carboxylic acid groups (broad SMARTS) is 1. The van der Waals surface area contributed by atoms with Gasteiger partial charge in [-0.15, -0.1) is 0 Å². The molecule has 2 unspecified atom stereocenters. The first-order valence-corrected chi connectivity index (χ1v) is 4.44. The van der Waals surface area contributed by atoms with Crippen molar-refractivity contribution in [2.75, 3.05) is 0 Å². The van der Waals surface area contributed by atoms with Gasteiger partial charge in [-0.05, 0) is 13.3 Å². The summed E-state index contributed by atoms with van der Waals surface area (Å²) in [5.74, 6) is -3.33. The number of alkyl halides is 3. The average molecular weight is 242 g/mol. The minimum absolute atomic E-state index is 0.111. The third-order valence-electron chi connectivity index (χ3n) is 2.14. The van der Waals surface area contributed by atoms with Gasteiger partial charge in [-0.1, -0.05) is 6.92 Å². The second kappa shape index (κ2) is 4.69. The van der Waals surface area contributed by atoms with Crippen LogP contribution in [0.15, 0.2) is 0 Å². The summed E-state index contributed by atoms with van der Waals surface area (Å²) in [4.78, 5) is 21.7. The molecule has 0 spiro atoms. The van der Waals surface area contributed by atoms with Gasteiger partial charge in [-0.2, -0.15) is 13.2 Å². The maximum Gasteiger partial charge on any atom is 0.422 e. The van der Waals surface area contributed by atoms with Crippen LogP contribution in [0.2, 0.25) is 0 Å². The van der Waals surface area contributed by atoms with E-state index in [0.717, 1.165) is 0 Å². The smallest absolute Gasteiger partial charge is 0.422 e. The predicted octanol–water partition coefficient (Wildman–Crippen LogP) is 0.245. The molecule has 2 atom stereocenters. The molecule has 94 valence electrons. The van der Waals surface area contributed by atoms with E-state index >= 15 is 0 Å². The van der Waals surface area contributed by atoms with Crippen molar-refractivity contribution < 1.29 is 27.9 Å². The van der Waals surface area contributed by atoms with Crippen LogP contribution < -0.4 is 11.1 Å². The molecule has 0 aromatic carbocycles. The molecule has 0 fully saturated rings. The molecular weight excluding hydrogens is 229 g/mol. The lowest BCUT2D eigenvalue weighted by molar-refractivity contribution is -0.207. The van der Waals surface area contributed by atoms with Crippen molar-refractivity contribution in [1.82, 2.24) is 5.32 Å². The Morgan fingerprint density at radius 2 is 1.88 bits per heavy atom. The molecule has 0 aromatic rings. The predicted molar refractivity (Wildman–Crippen MR) is 48.5 cm³/mol. The number of halogens is 3. The maximum atomic E-state index is 12.4. The lowest BCUT2D eigenvalue weighted by Gasteiger charge is -2.29. The molecule has 0 saturated carbocycles. The van der Waals surface area contributed by atoms with Crippen molar-refractivity contribution in [2.24, 2.45) is 5.73 Å². The van der Waals surface area contributed by atoms with E-state index in [1.165, 1.54) is 12.2 Å². The summed E-state index contributed by atoms with van der Waals surface area (Å²) in [6, 6.07) is -1.17. The number of carbonyl (C=O) groups excluding carboxylic acids is 1. The van der Waals surface area contributed by atoms with Gasteiger partial charge in [0, 0.05) is 0 Å². The normalized spacial score (nSPS) is 17.4. The Balaban J connectivity index is 4.99. The number of amides is 1. The lowest BCUT2D eigenvalue weighted by Crippen LogP contribution is -2.64. The van der Waals surface area contributed by atoms with Crippen molar-refractivity contribution >= 4 is 11.9 Å². The van der Waals surface area contributed by atoms with E-state index in [1.54, 1.807) is 0 Å². The fourth-order valence-corrected chi connectivity index (χ4v) is 0.770. The van der Waals surface area contributed by atoms with Gasteiger partial charge in [0.05, 0.1) is 6.04 Å². The first kappa shape index (κ1) is 14.7. The summed E-state index contributed by atoms with van der Waals surface area (Å²) >= 11 is 0. The molecule has 0 saturated heterocycles.